The first-order chi connectivity index (χ1) is 16.7. The Bertz CT molecular complexity index is 1100. The van der Waals surface area contributed by atoms with E-state index in [1.807, 2.05) is 12.1 Å². The lowest BCUT2D eigenvalue weighted by atomic mass is 9.92. The molecule has 1 saturated heterocycles. The van der Waals surface area contributed by atoms with E-state index in [4.69, 9.17) is 9.15 Å². The molecule has 9 heteroatoms. The van der Waals surface area contributed by atoms with Crippen LogP contribution in [0.25, 0.3) is 17.4 Å². The van der Waals surface area contributed by atoms with E-state index in [0.717, 1.165) is 25.9 Å². The number of amides is 1. The zero-order chi connectivity index (χ0) is 23.4. The first-order valence-electron chi connectivity index (χ1n) is 12.2. The number of aromatic nitrogens is 4. The lowest BCUT2D eigenvalue weighted by molar-refractivity contribution is 0.0641. The van der Waals surface area contributed by atoms with Gasteiger partial charge in [-0.2, -0.15) is 9.78 Å². The Balaban J connectivity index is 1.37. The molecule has 3 aromatic heterocycles. The number of nitrogens with one attached hydrogen (secondary N) is 1. The van der Waals surface area contributed by atoms with Gasteiger partial charge in [0.15, 0.2) is 5.76 Å². The third-order valence-electron chi connectivity index (χ3n) is 7.14. The highest BCUT2D eigenvalue weighted by atomic mass is 16.5. The average molecular weight is 465 g/mol. The topological polar surface area (TPSA) is 98.3 Å². The van der Waals surface area contributed by atoms with Gasteiger partial charge in [0.1, 0.15) is 5.69 Å². The molecule has 9 nitrogen and oxygen atoms in total. The minimum atomic E-state index is -0.135. The van der Waals surface area contributed by atoms with Crippen LogP contribution in [0.1, 0.15) is 61.0 Å². The van der Waals surface area contributed by atoms with Crippen molar-refractivity contribution in [1.29, 1.82) is 0 Å². The highest BCUT2D eigenvalue weighted by Gasteiger charge is 2.40. The molecule has 5 rings (SSSR count). The van der Waals surface area contributed by atoms with Gasteiger partial charge in [0.2, 0.25) is 0 Å². The van der Waals surface area contributed by atoms with Gasteiger partial charge in [-0.05, 0) is 57.0 Å². The molecule has 1 N–H and O–H groups in total. The fraction of sp³-hybridized carbons (Fsp3) is 0.520. The summed E-state index contributed by atoms with van der Waals surface area (Å²) < 4.78 is 12.4. The fourth-order valence-corrected chi connectivity index (χ4v) is 5.37. The van der Waals surface area contributed by atoms with Crippen molar-refractivity contribution < 1.29 is 13.9 Å². The van der Waals surface area contributed by atoms with Gasteiger partial charge in [-0.1, -0.05) is 19.3 Å². The van der Waals surface area contributed by atoms with Crippen molar-refractivity contribution in [3.63, 3.8) is 0 Å². The van der Waals surface area contributed by atoms with E-state index in [1.54, 1.807) is 36.5 Å². The van der Waals surface area contributed by atoms with Crippen LogP contribution in [0.15, 0.2) is 41.3 Å². The number of nitrogens with zero attached hydrogens (tertiary/aromatic N) is 5. The van der Waals surface area contributed by atoms with Crippen LogP contribution in [0.5, 0.6) is 0 Å². The summed E-state index contributed by atoms with van der Waals surface area (Å²) in [5.74, 6) is 0.867. The Kier molecular flexibility index (Phi) is 6.73. The minimum absolute atomic E-state index is 0.0774. The van der Waals surface area contributed by atoms with Crippen LogP contribution in [-0.4, -0.2) is 62.8 Å². The Hall–Kier alpha value is -3.04. The molecule has 34 heavy (non-hydrogen) atoms. The van der Waals surface area contributed by atoms with Crippen molar-refractivity contribution >= 4 is 5.91 Å². The number of rotatable bonds is 8. The van der Waals surface area contributed by atoms with Crippen molar-refractivity contribution in [2.45, 2.75) is 57.1 Å². The number of ether oxygens (including phenoxy) is 1. The molecule has 1 saturated carbocycles. The normalized spacial score (nSPS) is 18.3. The Morgan fingerprint density at radius 1 is 1.18 bits per heavy atom. The summed E-state index contributed by atoms with van der Waals surface area (Å²) in [7, 11) is 1.60. The molecule has 4 heterocycles. The Morgan fingerprint density at radius 2 is 2.00 bits per heavy atom. The number of piperidine rings is 1. The zero-order valence-electron chi connectivity index (χ0n) is 19.7. The van der Waals surface area contributed by atoms with Gasteiger partial charge < -0.3 is 14.5 Å². The predicted octanol–water partition coefficient (Wildman–Crippen LogP) is 3.60. The van der Waals surface area contributed by atoms with Crippen LogP contribution >= 0.6 is 0 Å². The number of carbonyl (C=O) groups is 1. The van der Waals surface area contributed by atoms with Crippen LogP contribution in [0, 0.1) is 0 Å². The van der Waals surface area contributed by atoms with Crippen molar-refractivity contribution in [2.24, 2.45) is 0 Å². The maximum Gasteiger partial charge on any atom is 0.254 e. The third-order valence-corrected chi connectivity index (χ3v) is 7.14. The number of hydrogen-bond donors (Lipinski definition) is 1. The van der Waals surface area contributed by atoms with Crippen molar-refractivity contribution in [3.8, 4) is 17.4 Å². The average Bonchev–Trinajstić information content (AvgIpc) is 3.65. The molecule has 0 spiro atoms. The van der Waals surface area contributed by atoms with Gasteiger partial charge in [-0.3, -0.25) is 9.69 Å². The maximum atomic E-state index is 13.3. The number of methoxy groups -OCH3 is 1. The van der Waals surface area contributed by atoms with Crippen LogP contribution in [0.4, 0.5) is 0 Å². The van der Waals surface area contributed by atoms with E-state index < -0.39 is 0 Å². The molecule has 1 aliphatic heterocycles. The molecule has 0 atom stereocenters. The fourth-order valence-electron chi connectivity index (χ4n) is 5.37. The largest absolute Gasteiger partial charge is 0.463 e. The lowest BCUT2D eigenvalue weighted by Crippen LogP contribution is -2.55. The highest BCUT2D eigenvalue weighted by molar-refractivity contribution is 5.95. The number of hydrogen-bond acceptors (Lipinski definition) is 7. The van der Waals surface area contributed by atoms with Gasteiger partial charge >= 0.3 is 0 Å². The highest BCUT2D eigenvalue weighted by Crippen LogP contribution is 2.36. The van der Waals surface area contributed by atoms with Crippen LogP contribution in [0.3, 0.4) is 0 Å². The molecular formula is C25H32N6O3. The first kappa shape index (κ1) is 22.7. The summed E-state index contributed by atoms with van der Waals surface area (Å²) in [5, 5.41) is 7.68. The summed E-state index contributed by atoms with van der Waals surface area (Å²) in [6.07, 6.45) is 13.4. The lowest BCUT2D eigenvalue weighted by Gasteiger charge is -2.43. The molecule has 0 bridgehead atoms. The van der Waals surface area contributed by atoms with E-state index in [9.17, 15) is 4.79 Å². The molecule has 2 fully saturated rings. The number of carbonyl (C=O) groups excluding carboxylic acids is 1. The second-order valence-electron chi connectivity index (χ2n) is 9.23. The van der Waals surface area contributed by atoms with Gasteiger partial charge in [0, 0.05) is 25.4 Å². The summed E-state index contributed by atoms with van der Waals surface area (Å²) in [5.41, 5.74) is 1.83. The standard InChI is InChI=1S/C25H32N6O3/c1-33-17-21-19(16-28-31(21)24-26-12-9-20(29-24)22-8-7-15-34-22)23(32)27-18-25(10-3-4-11-25)30-13-5-2-6-14-30/h7-9,12,15-16H,2-6,10-11,13-14,17-18H2,1H3,(H,27,32). The van der Waals surface area contributed by atoms with Crippen LogP contribution in [-0.2, 0) is 11.3 Å². The first-order valence-corrected chi connectivity index (χ1v) is 12.2. The monoisotopic (exact) mass is 464 g/mol. The minimum Gasteiger partial charge on any atom is -0.463 e. The van der Waals surface area contributed by atoms with E-state index in [2.05, 4.69) is 25.3 Å². The molecule has 2 aliphatic rings. The summed E-state index contributed by atoms with van der Waals surface area (Å²) in [6, 6.07) is 5.42. The molecule has 0 unspecified atom stereocenters. The second-order valence-corrected chi connectivity index (χ2v) is 9.23. The molecule has 3 aromatic rings. The number of furan rings is 1. The summed E-state index contributed by atoms with van der Waals surface area (Å²) in [6.45, 7) is 3.14. The third kappa shape index (κ3) is 4.50. The van der Waals surface area contributed by atoms with Gasteiger partial charge in [0.25, 0.3) is 11.9 Å². The van der Waals surface area contributed by atoms with E-state index >= 15 is 0 Å². The molecule has 1 amide bonds. The molecule has 0 radical (unpaired) electrons. The zero-order valence-corrected chi connectivity index (χ0v) is 19.7. The van der Waals surface area contributed by atoms with Crippen molar-refractivity contribution in [2.75, 3.05) is 26.7 Å². The summed E-state index contributed by atoms with van der Waals surface area (Å²) >= 11 is 0. The molecule has 0 aromatic carbocycles. The van der Waals surface area contributed by atoms with E-state index in [0.29, 0.717) is 35.2 Å². The van der Waals surface area contributed by atoms with Gasteiger partial charge in [0.05, 0.1) is 30.3 Å². The van der Waals surface area contributed by atoms with Gasteiger partial charge in [-0.15, -0.1) is 0 Å². The van der Waals surface area contributed by atoms with Crippen LogP contribution < -0.4 is 5.32 Å². The maximum absolute atomic E-state index is 13.3. The SMILES string of the molecule is COCc1c(C(=O)NCC2(N3CCCCC3)CCCC2)cnn1-c1nccc(-c2ccco2)n1. The molecule has 180 valence electrons. The predicted molar refractivity (Wildman–Crippen MR) is 127 cm³/mol. The number of likely N-dealkylation sites (tertiary alicyclic amines) is 1. The van der Waals surface area contributed by atoms with E-state index in [-0.39, 0.29) is 18.1 Å². The second kappa shape index (κ2) is 10.1. The molecule has 1 aliphatic carbocycles. The molecular weight excluding hydrogens is 432 g/mol. The van der Waals surface area contributed by atoms with Crippen molar-refractivity contribution in [1.82, 2.24) is 30.0 Å². The van der Waals surface area contributed by atoms with Crippen LogP contribution in [0.2, 0.25) is 0 Å². The van der Waals surface area contributed by atoms with Gasteiger partial charge in [-0.25, -0.2) is 9.97 Å². The smallest absolute Gasteiger partial charge is 0.254 e. The van der Waals surface area contributed by atoms with E-state index in [1.165, 1.54) is 32.1 Å². The quantitative estimate of drug-likeness (QED) is 0.544. The summed E-state index contributed by atoms with van der Waals surface area (Å²) in [4.78, 5) is 24.9. The van der Waals surface area contributed by atoms with Crippen molar-refractivity contribution in [3.05, 3.63) is 48.1 Å². The Morgan fingerprint density at radius 3 is 2.74 bits per heavy atom. The Labute approximate surface area is 199 Å².